The molecule has 12 nitrogen and oxygen atoms in total. The Kier molecular flexibility index (Phi) is 7.70. The van der Waals surface area contributed by atoms with E-state index < -0.39 is 30.4 Å². The third kappa shape index (κ3) is 5.61. The molecule has 41 heavy (non-hydrogen) atoms. The van der Waals surface area contributed by atoms with Crippen molar-refractivity contribution in [1.82, 2.24) is 34.5 Å². The van der Waals surface area contributed by atoms with Crippen LogP contribution in [0, 0.1) is 12.7 Å². The van der Waals surface area contributed by atoms with Crippen LogP contribution in [0.4, 0.5) is 21.0 Å². The number of carbonyl (C=O) groups is 2. The molecule has 5 rings (SSSR count). The Balaban J connectivity index is 1.33. The summed E-state index contributed by atoms with van der Waals surface area (Å²) in [6.45, 7) is 3.38. The van der Waals surface area contributed by atoms with Crippen LogP contribution in [0.2, 0.25) is 0 Å². The summed E-state index contributed by atoms with van der Waals surface area (Å²) in [5.41, 5.74) is 3.41. The molecule has 0 fully saturated rings. The fraction of sp³-hybridized carbons (Fsp3) is 0.321. The van der Waals surface area contributed by atoms with Crippen LogP contribution in [0.5, 0.6) is 5.75 Å². The largest absolute Gasteiger partial charge is 0.497 e. The van der Waals surface area contributed by atoms with E-state index in [4.69, 9.17) is 4.74 Å². The number of halogens is 1. The molecular formula is C28H31FN8O4. The first-order chi connectivity index (χ1) is 19.7. The highest BCUT2D eigenvalue weighted by molar-refractivity contribution is 5.89. The number of amides is 2. The summed E-state index contributed by atoms with van der Waals surface area (Å²) in [5, 5.41) is 19.9. The molecule has 13 heteroatoms. The molecule has 3 aromatic heterocycles. The van der Waals surface area contributed by atoms with Gasteiger partial charge in [0.05, 0.1) is 31.6 Å². The normalized spacial score (nSPS) is 14.4. The molecule has 1 aromatic carbocycles. The first kappa shape index (κ1) is 27.8. The zero-order valence-electron chi connectivity index (χ0n) is 23.1. The quantitative estimate of drug-likeness (QED) is 0.283. The van der Waals surface area contributed by atoms with Gasteiger partial charge in [-0.1, -0.05) is 0 Å². The lowest BCUT2D eigenvalue weighted by Crippen LogP contribution is -2.53. The lowest BCUT2D eigenvalue weighted by molar-refractivity contribution is -0.126. The molecule has 0 radical (unpaired) electrons. The smallest absolute Gasteiger partial charge is 0.329 e. The summed E-state index contributed by atoms with van der Waals surface area (Å²) in [4.78, 5) is 37.2. The van der Waals surface area contributed by atoms with E-state index in [1.54, 1.807) is 43.3 Å². The first-order valence-electron chi connectivity index (χ1n) is 13.1. The minimum absolute atomic E-state index is 0.265. The van der Waals surface area contributed by atoms with Crippen molar-refractivity contribution in [2.45, 2.75) is 32.4 Å². The fourth-order valence-corrected chi connectivity index (χ4v) is 4.81. The molecule has 0 saturated carbocycles. The predicted molar refractivity (Wildman–Crippen MR) is 148 cm³/mol. The van der Waals surface area contributed by atoms with E-state index in [-0.39, 0.29) is 11.8 Å². The molecule has 0 bridgehead atoms. The van der Waals surface area contributed by atoms with Crippen molar-refractivity contribution in [3.05, 3.63) is 71.6 Å². The number of ether oxygens (including phenoxy) is 1. The maximum absolute atomic E-state index is 14.0. The Morgan fingerprint density at radius 3 is 2.78 bits per heavy atom. The van der Waals surface area contributed by atoms with Gasteiger partial charge in [-0.25, -0.2) is 19.2 Å². The number of aryl methyl sites for hydroxylation is 2. The van der Waals surface area contributed by atoms with Crippen LogP contribution in [-0.4, -0.2) is 72.6 Å². The number of aliphatic hydroxyl groups is 1. The summed E-state index contributed by atoms with van der Waals surface area (Å²) < 4.78 is 22.3. The Bertz CT molecular complexity index is 1600. The number of hydrogen-bond acceptors (Lipinski definition) is 8. The maximum atomic E-state index is 14.0. The number of nitrogens with zero attached hydrogens (tertiary/aromatic N) is 6. The number of benzene rings is 1. The van der Waals surface area contributed by atoms with Gasteiger partial charge in [0.2, 0.25) is 11.9 Å². The van der Waals surface area contributed by atoms with Crippen molar-refractivity contribution in [2.24, 2.45) is 7.05 Å². The van der Waals surface area contributed by atoms with Gasteiger partial charge in [0.1, 0.15) is 23.4 Å². The third-order valence-corrected chi connectivity index (χ3v) is 7.14. The van der Waals surface area contributed by atoms with Crippen LogP contribution >= 0.6 is 0 Å². The summed E-state index contributed by atoms with van der Waals surface area (Å²) in [6, 6.07) is 5.62. The van der Waals surface area contributed by atoms with Gasteiger partial charge in [0.25, 0.3) is 0 Å². The molecule has 1 aliphatic rings. The van der Waals surface area contributed by atoms with E-state index in [2.05, 4.69) is 25.7 Å². The summed E-state index contributed by atoms with van der Waals surface area (Å²) in [7, 11) is 3.21. The van der Waals surface area contributed by atoms with Crippen LogP contribution in [0.3, 0.4) is 0 Å². The molecule has 0 saturated heterocycles. The van der Waals surface area contributed by atoms with Gasteiger partial charge in [-0.15, -0.1) is 0 Å². The van der Waals surface area contributed by atoms with Crippen molar-refractivity contribution in [1.29, 1.82) is 0 Å². The van der Waals surface area contributed by atoms with Gasteiger partial charge in [-0.05, 0) is 43.2 Å². The number of hydrogen-bond donors (Lipinski definition) is 3. The van der Waals surface area contributed by atoms with Gasteiger partial charge in [-0.3, -0.25) is 14.0 Å². The molecule has 4 heterocycles. The fourth-order valence-electron chi connectivity index (χ4n) is 4.81. The van der Waals surface area contributed by atoms with Crippen LogP contribution in [0.1, 0.15) is 29.8 Å². The van der Waals surface area contributed by atoms with Crippen LogP contribution < -0.4 is 15.4 Å². The van der Waals surface area contributed by atoms with Gasteiger partial charge in [0, 0.05) is 55.8 Å². The number of nitrogens with one attached hydrogen (secondary N) is 2. The second-order valence-corrected chi connectivity index (χ2v) is 9.85. The second-order valence-electron chi connectivity index (χ2n) is 9.85. The highest BCUT2D eigenvalue weighted by atomic mass is 19.1. The van der Waals surface area contributed by atoms with Crippen molar-refractivity contribution in [3.8, 4) is 17.0 Å². The Morgan fingerprint density at radius 1 is 1.27 bits per heavy atom. The summed E-state index contributed by atoms with van der Waals surface area (Å²) in [6.07, 6.45) is 5.62. The third-order valence-electron chi connectivity index (χ3n) is 7.14. The van der Waals surface area contributed by atoms with E-state index in [0.29, 0.717) is 30.2 Å². The van der Waals surface area contributed by atoms with Crippen molar-refractivity contribution in [3.63, 3.8) is 0 Å². The van der Waals surface area contributed by atoms with Crippen molar-refractivity contribution in [2.75, 3.05) is 25.6 Å². The highest BCUT2D eigenvalue weighted by Gasteiger charge is 2.33. The SMILES string of the molecule is COc1cc(F)cc([C@@H](CO)NC(=O)[C@@H](C)N2CCc3cc(-c4nc(Nc5ccnn5C)ncc4C)cn3C2=O)c1. The lowest BCUT2D eigenvalue weighted by Gasteiger charge is -2.33. The molecule has 0 unspecified atom stereocenters. The van der Waals surface area contributed by atoms with Crippen LogP contribution in [0.25, 0.3) is 11.3 Å². The monoisotopic (exact) mass is 562 g/mol. The molecule has 0 aliphatic carbocycles. The minimum Gasteiger partial charge on any atom is -0.497 e. The molecule has 4 aromatic rings. The molecular weight excluding hydrogens is 531 g/mol. The number of aromatic nitrogens is 5. The van der Waals surface area contributed by atoms with Crippen molar-refractivity contribution >= 4 is 23.7 Å². The zero-order chi connectivity index (χ0) is 29.3. The van der Waals surface area contributed by atoms with Gasteiger partial charge >= 0.3 is 6.03 Å². The molecule has 214 valence electrons. The Labute approximate surface area is 235 Å². The first-order valence-corrected chi connectivity index (χ1v) is 13.1. The average Bonchev–Trinajstić information content (AvgIpc) is 3.58. The number of carbonyl (C=O) groups excluding carboxylic acids is 2. The van der Waals surface area contributed by atoms with Crippen LogP contribution in [-0.2, 0) is 18.3 Å². The molecule has 1 aliphatic heterocycles. The minimum atomic E-state index is -0.877. The summed E-state index contributed by atoms with van der Waals surface area (Å²) >= 11 is 0. The number of aliphatic hydroxyl groups excluding tert-OH is 1. The Hall–Kier alpha value is -4.78. The van der Waals surface area contributed by atoms with Crippen LogP contribution in [0.15, 0.2) is 48.9 Å². The average molecular weight is 563 g/mol. The highest BCUT2D eigenvalue weighted by Crippen LogP contribution is 2.28. The van der Waals surface area contributed by atoms with E-state index >= 15 is 0 Å². The van der Waals surface area contributed by atoms with E-state index in [0.717, 1.165) is 22.6 Å². The van der Waals surface area contributed by atoms with Gasteiger partial charge in [-0.2, -0.15) is 5.10 Å². The van der Waals surface area contributed by atoms with Gasteiger partial charge in [0.15, 0.2) is 0 Å². The molecule has 2 amide bonds. The zero-order valence-corrected chi connectivity index (χ0v) is 23.1. The number of rotatable bonds is 9. The molecule has 3 N–H and O–H groups in total. The predicted octanol–water partition coefficient (Wildman–Crippen LogP) is 2.94. The molecule has 0 spiro atoms. The topological polar surface area (TPSA) is 139 Å². The number of fused-ring (bicyclic) bond motifs is 1. The second kappa shape index (κ2) is 11.4. The van der Waals surface area contributed by atoms with E-state index in [9.17, 15) is 19.1 Å². The number of anilines is 2. The molecule has 2 atom stereocenters. The standard InChI is InChI=1S/C28H31FN8O4/c1-16-13-30-27(33-24-5-7-31-35(24)3)34-25(16)19-10-21-6-8-36(28(40)37(21)14-19)17(2)26(39)32-23(15-38)18-9-20(29)12-22(11-18)41-4/h5,7,9-14,17,23,38H,6,8,15H2,1-4H3,(H,32,39)(H,30,33,34)/t17-,23-/m1/s1. The maximum Gasteiger partial charge on any atom is 0.329 e. The van der Waals surface area contributed by atoms with Crippen molar-refractivity contribution < 1.29 is 23.8 Å². The van der Waals surface area contributed by atoms with E-state index in [1.807, 2.05) is 19.1 Å². The Morgan fingerprint density at radius 2 is 2.07 bits per heavy atom. The summed E-state index contributed by atoms with van der Waals surface area (Å²) in [5.74, 6) is 0.358. The lowest BCUT2D eigenvalue weighted by atomic mass is 10.1. The van der Waals surface area contributed by atoms with E-state index in [1.165, 1.54) is 28.7 Å². The number of methoxy groups -OCH3 is 1. The van der Waals surface area contributed by atoms with Gasteiger partial charge < -0.3 is 25.4 Å².